The number of aromatic amines is 1. The molecule has 0 aliphatic heterocycles. The van der Waals surface area contributed by atoms with Crippen LogP contribution in [0.15, 0.2) is 36.5 Å². The summed E-state index contributed by atoms with van der Waals surface area (Å²) in [6.45, 7) is 0.399. The molecule has 30 heavy (non-hydrogen) atoms. The fourth-order valence-electron chi connectivity index (χ4n) is 2.91. The first-order valence-electron chi connectivity index (χ1n) is 8.70. The van der Waals surface area contributed by atoms with Gasteiger partial charge < -0.3 is 10.6 Å². The van der Waals surface area contributed by atoms with E-state index >= 15 is 0 Å². The van der Waals surface area contributed by atoms with Gasteiger partial charge in [-0.15, -0.1) is 0 Å². The van der Waals surface area contributed by atoms with Gasteiger partial charge in [0.25, 0.3) is 0 Å². The number of nitrogens with one attached hydrogen (secondary N) is 3. The lowest BCUT2D eigenvalue weighted by atomic mass is 10.1. The Hall–Kier alpha value is -3.48. The molecule has 2 aromatic carbocycles. The van der Waals surface area contributed by atoms with E-state index in [1.54, 1.807) is 17.8 Å². The first-order chi connectivity index (χ1) is 14.5. The highest BCUT2D eigenvalue weighted by molar-refractivity contribution is 6.36. The van der Waals surface area contributed by atoms with Gasteiger partial charge in [0.2, 0.25) is 0 Å². The van der Waals surface area contributed by atoms with E-state index in [0.29, 0.717) is 50.9 Å². The molecule has 3 N–H and O–H groups in total. The fraction of sp³-hybridized carbons (Fsp3) is 0.105. The van der Waals surface area contributed by atoms with Gasteiger partial charge in [-0.25, -0.2) is 4.39 Å². The molecule has 150 valence electrons. The van der Waals surface area contributed by atoms with Crippen molar-refractivity contribution in [2.45, 2.75) is 6.54 Å². The number of hydrogen-bond donors (Lipinski definition) is 3. The third-order valence-electron chi connectivity index (χ3n) is 4.43. The highest BCUT2D eigenvalue weighted by Gasteiger charge is 2.15. The monoisotopic (exact) mass is 443 g/mol. The zero-order valence-electron chi connectivity index (χ0n) is 15.5. The molecular formula is C19H14Cl2FN8+. The van der Waals surface area contributed by atoms with Crippen molar-refractivity contribution in [3.8, 4) is 6.07 Å². The van der Waals surface area contributed by atoms with Gasteiger partial charge in [-0.05, 0) is 30.3 Å². The largest absolute Gasteiger partial charge is 0.375 e. The summed E-state index contributed by atoms with van der Waals surface area (Å²) < 4.78 is 15.2. The van der Waals surface area contributed by atoms with Gasteiger partial charge in [0.05, 0.1) is 33.9 Å². The van der Waals surface area contributed by atoms with Crippen LogP contribution in [0.2, 0.25) is 10.0 Å². The Morgan fingerprint density at radius 2 is 2.00 bits per heavy atom. The number of nitrogens with zero attached hydrogens (tertiary/aromatic N) is 5. The average molecular weight is 444 g/mol. The van der Waals surface area contributed by atoms with Crippen LogP contribution in [0.5, 0.6) is 0 Å². The van der Waals surface area contributed by atoms with E-state index in [0.717, 1.165) is 0 Å². The van der Waals surface area contributed by atoms with Crippen molar-refractivity contribution in [3.05, 3.63) is 63.8 Å². The van der Waals surface area contributed by atoms with Crippen LogP contribution < -0.4 is 15.3 Å². The summed E-state index contributed by atoms with van der Waals surface area (Å²) in [7, 11) is 1.79. The summed E-state index contributed by atoms with van der Waals surface area (Å²) in [6, 6.07) is 9.89. The Balaban J connectivity index is 1.77. The van der Waals surface area contributed by atoms with Crippen LogP contribution in [-0.2, 0) is 13.6 Å². The van der Waals surface area contributed by atoms with Gasteiger partial charge in [-0.3, -0.25) is 4.98 Å². The molecule has 0 aliphatic carbocycles. The standard InChI is InChI=1S/C19H13Cl2FN8/c1-30-17(27-28-29-30)9-24-12-4-13-18(26-11-2-3-16(22)14(20)5-11)10(7-23)8-25-19(13)15(21)6-12/h2-6,8H,9H2,1H3,(H2,24,25,26,28,29)/p+1. The Labute approximate surface area is 180 Å². The van der Waals surface area contributed by atoms with E-state index in [-0.39, 0.29) is 5.02 Å². The topological polar surface area (TPSA) is 106 Å². The van der Waals surface area contributed by atoms with Crippen molar-refractivity contribution in [1.82, 2.24) is 20.5 Å². The molecule has 0 fully saturated rings. The minimum atomic E-state index is -0.530. The van der Waals surface area contributed by atoms with Crippen molar-refractivity contribution >= 4 is 51.2 Å². The van der Waals surface area contributed by atoms with Crippen LogP contribution in [0.3, 0.4) is 0 Å². The number of nitriles is 1. The number of fused-ring (bicyclic) bond motifs is 1. The molecule has 0 unspecified atom stereocenters. The van der Waals surface area contributed by atoms with Crippen LogP contribution in [0.25, 0.3) is 10.9 Å². The zero-order chi connectivity index (χ0) is 21.3. The second-order valence-electron chi connectivity index (χ2n) is 6.40. The number of halogens is 3. The van der Waals surface area contributed by atoms with Crippen molar-refractivity contribution in [2.75, 3.05) is 10.6 Å². The third kappa shape index (κ3) is 3.83. The Bertz CT molecular complexity index is 1300. The molecule has 4 aromatic rings. The highest BCUT2D eigenvalue weighted by atomic mass is 35.5. The molecule has 0 spiro atoms. The van der Waals surface area contributed by atoms with E-state index in [4.69, 9.17) is 23.2 Å². The predicted octanol–water partition coefficient (Wildman–Crippen LogP) is 3.85. The maximum Gasteiger partial charge on any atom is 0.319 e. The SMILES string of the molecule is C[n+]1[nH]nnc1CNc1cc(Cl)c2ncc(C#N)c(Nc3ccc(F)c(Cl)c3)c2c1. The predicted molar refractivity (Wildman–Crippen MR) is 111 cm³/mol. The Morgan fingerprint density at radius 3 is 2.70 bits per heavy atom. The number of H-pyrrole nitrogens is 1. The normalized spacial score (nSPS) is 10.8. The van der Waals surface area contributed by atoms with Crippen molar-refractivity contribution in [3.63, 3.8) is 0 Å². The van der Waals surface area contributed by atoms with Crippen LogP contribution in [0.4, 0.5) is 21.5 Å². The van der Waals surface area contributed by atoms with Gasteiger partial charge >= 0.3 is 5.82 Å². The number of tetrazole rings is 1. The van der Waals surface area contributed by atoms with Gasteiger partial charge in [0.15, 0.2) is 5.21 Å². The smallest absolute Gasteiger partial charge is 0.319 e. The molecule has 2 heterocycles. The zero-order valence-corrected chi connectivity index (χ0v) is 17.1. The summed E-state index contributed by atoms with van der Waals surface area (Å²) in [6.07, 6.45) is 1.43. The van der Waals surface area contributed by atoms with E-state index in [1.165, 1.54) is 24.4 Å². The molecule has 0 saturated carbocycles. The van der Waals surface area contributed by atoms with Crippen LogP contribution in [0, 0.1) is 17.1 Å². The molecule has 4 rings (SSSR count). The van der Waals surface area contributed by atoms with Crippen molar-refractivity contribution < 1.29 is 9.07 Å². The highest BCUT2D eigenvalue weighted by Crippen LogP contribution is 2.35. The van der Waals surface area contributed by atoms with Gasteiger partial charge in [-0.1, -0.05) is 28.4 Å². The minimum absolute atomic E-state index is 0.0299. The molecule has 8 nitrogen and oxygen atoms in total. The Kier molecular flexibility index (Phi) is 5.35. The van der Waals surface area contributed by atoms with Crippen molar-refractivity contribution in [1.29, 1.82) is 5.26 Å². The van der Waals surface area contributed by atoms with E-state index in [2.05, 4.69) is 37.2 Å². The summed E-state index contributed by atoms with van der Waals surface area (Å²) in [5.74, 6) is 0.160. The van der Waals surface area contributed by atoms with Gasteiger partial charge in [0.1, 0.15) is 23.5 Å². The third-order valence-corrected chi connectivity index (χ3v) is 5.01. The number of pyridine rings is 1. The van der Waals surface area contributed by atoms with Crippen LogP contribution >= 0.6 is 23.2 Å². The lowest BCUT2D eigenvalue weighted by Gasteiger charge is -2.14. The molecular weight excluding hydrogens is 430 g/mol. The minimum Gasteiger partial charge on any atom is -0.375 e. The van der Waals surface area contributed by atoms with E-state index in [1.807, 2.05) is 6.07 Å². The number of rotatable bonds is 5. The number of hydrogen-bond acceptors (Lipinski definition) is 6. The number of anilines is 3. The summed E-state index contributed by atoms with van der Waals surface area (Å²) in [4.78, 5) is 4.31. The number of benzene rings is 2. The summed E-state index contributed by atoms with van der Waals surface area (Å²) >= 11 is 12.3. The quantitative estimate of drug-likeness (QED) is 0.404. The fourth-order valence-corrected chi connectivity index (χ4v) is 3.36. The summed E-state index contributed by atoms with van der Waals surface area (Å²) in [5.41, 5.74) is 2.53. The first kappa shape index (κ1) is 19.8. The molecule has 0 saturated heterocycles. The van der Waals surface area contributed by atoms with Gasteiger partial charge in [-0.2, -0.15) is 9.94 Å². The molecule has 0 amide bonds. The van der Waals surface area contributed by atoms with Gasteiger partial charge in [0, 0.05) is 23.0 Å². The average Bonchev–Trinajstić information content (AvgIpc) is 3.14. The number of aryl methyl sites for hydroxylation is 1. The van der Waals surface area contributed by atoms with Crippen molar-refractivity contribution in [2.24, 2.45) is 7.05 Å². The molecule has 0 atom stereocenters. The molecule has 0 bridgehead atoms. The lowest BCUT2D eigenvalue weighted by Crippen LogP contribution is -2.35. The molecule has 0 aliphatic rings. The van der Waals surface area contributed by atoms with Crippen LogP contribution in [0.1, 0.15) is 11.4 Å². The Morgan fingerprint density at radius 1 is 1.20 bits per heavy atom. The van der Waals surface area contributed by atoms with Crippen LogP contribution in [-0.4, -0.2) is 20.5 Å². The molecule has 2 aromatic heterocycles. The lowest BCUT2D eigenvalue weighted by molar-refractivity contribution is -0.737. The van der Waals surface area contributed by atoms with E-state index < -0.39 is 5.82 Å². The summed E-state index contributed by atoms with van der Waals surface area (Å²) in [5, 5.41) is 27.3. The second kappa shape index (κ2) is 8.10. The molecule has 0 radical (unpaired) electrons. The van der Waals surface area contributed by atoms with E-state index in [9.17, 15) is 9.65 Å². The maximum atomic E-state index is 13.5. The first-order valence-corrected chi connectivity index (χ1v) is 9.46. The molecule has 11 heteroatoms. The second-order valence-corrected chi connectivity index (χ2v) is 7.21. The maximum absolute atomic E-state index is 13.5. The number of aromatic nitrogens is 5.